The van der Waals surface area contributed by atoms with Crippen molar-refractivity contribution in [2.24, 2.45) is 0 Å². The molecule has 0 saturated carbocycles. The first-order valence-electron chi connectivity index (χ1n) is 8.73. The molecular formula is C17H20N8O2. The molecule has 0 unspecified atom stereocenters. The van der Waals surface area contributed by atoms with Crippen LogP contribution in [-0.2, 0) is 4.79 Å². The lowest BCUT2D eigenvalue weighted by atomic mass is 10.3. The predicted molar refractivity (Wildman–Crippen MR) is 97.7 cm³/mol. The number of benzene rings is 1. The van der Waals surface area contributed by atoms with Gasteiger partial charge in [0.05, 0.1) is 12.2 Å². The number of aryl methyl sites for hydroxylation is 1. The van der Waals surface area contributed by atoms with Crippen LogP contribution in [0.25, 0.3) is 5.69 Å². The molecule has 10 nitrogen and oxygen atoms in total. The Balaban J connectivity index is 1.33. The molecule has 0 spiro atoms. The van der Waals surface area contributed by atoms with Crippen LogP contribution < -0.4 is 10.2 Å². The zero-order valence-corrected chi connectivity index (χ0v) is 14.9. The zero-order chi connectivity index (χ0) is 18.6. The SMILES string of the molecule is Cc1cc(NC(=O)CN2CCN(c3nnnn3-c3ccccc3)CC2)no1. The Morgan fingerprint density at radius 2 is 1.96 bits per heavy atom. The number of carbonyl (C=O) groups excluding carboxylic acids is 1. The lowest BCUT2D eigenvalue weighted by molar-refractivity contribution is -0.117. The molecule has 3 aromatic rings. The van der Waals surface area contributed by atoms with Gasteiger partial charge < -0.3 is 14.7 Å². The van der Waals surface area contributed by atoms with Gasteiger partial charge in [-0.05, 0) is 29.5 Å². The standard InChI is InChI=1S/C17H20N8O2/c1-13-11-15(20-27-13)18-16(26)12-23-7-9-24(10-8-23)17-19-21-22-25(17)14-5-3-2-4-6-14/h2-6,11H,7-10,12H2,1H3,(H,18,20,26). The summed E-state index contributed by atoms with van der Waals surface area (Å²) in [5.41, 5.74) is 0.919. The van der Waals surface area contributed by atoms with E-state index in [2.05, 4.69) is 35.8 Å². The molecule has 1 aliphatic heterocycles. The van der Waals surface area contributed by atoms with E-state index < -0.39 is 0 Å². The Hall–Kier alpha value is -3.27. The molecule has 0 radical (unpaired) electrons. The second-order valence-electron chi connectivity index (χ2n) is 6.36. The summed E-state index contributed by atoms with van der Waals surface area (Å²) < 4.78 is 6.68. The van der Waals surface area contributed by atoms with E-state index in [0.29, 0.717) is 24.1 Å². The highest BCUT2D eigenvalue weighted by Gasteiger charge is 2.23. The smallest absolute Gasteiger partial charge is 0.250 e. The van der Waals surface area contributed by atoms with E-state index in [4.69, 9.17) is 4.52 Å². The maximum Gasteiger partial charge on any atom is 0.250 e. The lowest BCUT2D eigenvalue weighted by Gasteiger charge is -2.34. The highest BCUT2D eigenvalue weighted by atomic mass is 16.5. The summed E-state index contributed by atoms with van der Waals surface area (Å²) in [6.45, 7) is 5.06. The summed E-state index contributed by atoms with van der Waals surface area (Å²) in [6, 6.07) is 11.5. The molecule has 1 N–H and O–H groups in total. The van der Waals surface area contributed by atoms with E-state index >= 15 is 0 Å². The largest absolute Gasteiger partial charge is 0.360 e. The molecule has 140 valence electrons. The maximum atomic E-state index is 12.2. The monoisotopic (exact) mass is 368 g/mol. The van der Waals surface area contributed by atoms with Gasteiger partial charge in [0, 0.05) is 32.2 Å². The Morgan fingerprint density at radius 1 is 1.19 bits per heavy atom. The molecule has 27 heavy (non-hydrogen) atoms. The van der Waals surface area contributed by atoms with E-state index in [1.54, 1.807) is 17.7 Å². The highest BCUT2D eigenvalue weighted by Crippen LogP contribution is 2.17. The van der Waals surface area contributed by atoms with Crippen molar-refractivity contribution in [1.82, 2.24) is 30.3 Å². The second kappa shape index (κ2) is 7.54. The molecule has 1 fully saturated rings. The number of anilines is 2. The van der Waals surface area contributed by atoms with E-state index in [1.165, 1.54) is 0 Å². The molecule has 3 heterocycles. The molecular weight excluding hydrogens is 348 g/mol. The minimum Gasteiger partial charge on any atom is -0.360 e. The average Bonchev–Trinajstić information content (AvgIpc) is 3.32. The van der Waals surface area contributed by atoms with Gasteiger partial charge in [0.15, 0.2) is 5.82 Å². The van der Waals surface area contributed by atoms with E-state index in [0.717, 1.165) is 31.9 Å². The Kier molecular flexibility index (Phi) is 4.79. The molecule has 0 atom stereocenters. The van der Waals surface area contributed by atoms with Crippen LogP contribution in [0.5, 0.6) is 0 Å². The zero-order valence-electron chi connectivity index (χ0n) is 14.9. The minimum absolute atomic E-state index is 0.106. The van der Waals surface area contributed by atoms with Gasteiger partial charge >= 0.3 is 0 Å². The number of hydrogen-bond acceptors (Lipinski definition) is 8. The van der Waals surface area contributed by atoms with E-state index in [1.807, 2.05) is 30.3 Å². The fourth-order valence-electron chi connectivity index (χ4n) is 3.03. The highest BCUT2D eigenvalue weighted by molar-refractivity contribution is 5.91. The van der Waals surface area contributed by atoms with Gasteiger partial charge in [-0.15, -0.1) is 0 Å². The van der Waals surface area contributed by atoms with Gasteiger partial charge in [0.2, 0.25) is 11.9 Å². The summed E-state index contributed by atoms with van der Waals surface area (Å²) >= 11 is 0. The quantitative estimate of drug-likeness (QED) is 0.702. The van der Waals surface area contributed by atoms with Crippen molar-refractivity contribution < 1.29 is 9.32 Å². The summed E-state index contributed by atoms with van der Waals surface area (Å²) in [5, 5.41) is 18.6. The Morgan fingerprint density at radius 3 is 2.67 bits per heavy atom. The third-order valence-electron chi connectivity index (χ3n) is 4.37. The number of amides is 1. The van der Waals surface area contributed by atoms with Crippen molar-refractivity contribution in [2.45, 2.75) is 6.92 Å². The summed E-state index contributed by atoms with van der Waals surface area (Å²) in [5.74, 6) is 1.71. The van der Waals surface area contributed by atoms with Crippen molar-refractivity contribution in [3.05, 3.63) is 42.2 Å². The number of piperazine rings is 1. The van der Waals surface area contributed by atoms with E-state index in [-0.39, 0.29) is 5.91 Å². The third-order valence-corrected chi connectivity index (χ3v) is 4.37. The molecule has 10 heteroatoms. The van der Waals surface area contributed by atoms with Crippen molar-refractivity contribution >= 4 is 17.7 Å². The molecule has 0 bridgehead atoms. The van der Waals surface area contributed by atoms with Gasteiger partial charge in [0.25, 0.3) is 0 Å². The number of para-hydroxylation sites is 1. The Bertz CT molecular complexity index is 899. The van der Waals surface area contributed by atoms with Gasteiger partial charge in [-0.3, -0.25) is 9.69 Å². The van der Waals surface area contributed by atoms with E-state index in [9.17, 15) is 4.79 Å². The molecule has 0 aliphatic carbocycles. The first-order valence-corrected chi connectivity index (χ1v) is 8.73. The fourth-order valence-corrected chi connectivity index (χ4v) is 3.03. The average molecular weight is 368 g/mol. The normalized spacial score (nSPS) is 15.1. The molecule has 1 aromatic carbocycles. The molecule has 1 saturated heterocycles. The van der Waals surface area contributed by atoms with Crippen LogP contribution in [0.4, 0.5) is 11.8 Å². The van der Waals surface area contributed by atoms with Crippen molar-refractivity contribution in [3.8, 4) is 5.69 Å². The summed E-state index contributed by atoms with van der Waals surface area (Å²) in [7, 11) is 0. The van der Waals surface area contributed by atoms with Crippen LogP contribution in [-0.4, -0.2) is 68.9 Å². The molecule has 4 rings (SSSR count). The summed E-state index contributed by atoms with van der Waals surface area (Å²) in [6.07, 6.45) is 0. The molecule has 2 aromatic heterocycles. The molecule has 1 aliphatic rings. The Labute approximate surface area is 155 Å². The number of tetrazole rings is 1. The van der Waals surface area contributed by atoms with Crippen molar-refractivity contribution in [2.75, 3.05) is 42.9 Å². The number of hydrogen-bond donors (Lipinski definition) is 1. The molecule has 1 amide bonds. The van der Waals surface area contributed by atoms with Gasteiger partial charge in [-0.1, -0.05) is 28.5 Å². The van der Waals surface area contributed by atoms with Gasteiger partial charge in [-0.25, -0.2) is 0 Å². The number of carbonyl (C=O) groups is 1. The van der Waals surface area contributed by atoms with Crippen LogP contribution in [0.1, 0.15) is 5.76 Å². The number of aromatic nitrogens is 5. The first-order chi connectivity index (χ1) is 13.2. The maximum absolute atomic E-state index is 12.2. The van der Waals surface area contributed by atoms with Crippen LogP contribution in [0.2, 0.25) is 0 Å². The predicted octanol–water partition coefficient (Wildman–Crippen LogP) is 0.719. The van der Waals surface area contributed by atoms with Crippen molar-refractivity contribution in [3.63, 3.8) is 0 Å². The van der Waals surface area contributed by atoms with Crippen LogP contribution in [0.15, 0.2) is 40.9 Å². The van der Waals surface area contributed by atoms with Crippen LogP contribution in [0.3, 0.4) is 0 Å². The van der Waals surface area contributed by atoms with Crippen molar-refractivity contribution in [1.29, 1.82) is 0 Å². The van der Waals surface area contributed by atoms with Crippen LogP contribution >= 0.6 is 0 Å². The minimum atomic E-state index is -0.106. The lowest BCUT2D eigenvalue weighted by Crippen LogP contribution is -2.49. The van der Waals surface area contributed by atoms with Gasteiger partial charge in [-0.2, -0.15) is 4.68 Å². The third kappa shape index (κ3) is 3.95. The number of nitrogens with one attached hydrogen (secondary N) is 1. The summed E-state index contributed by atoms with van der Waals surface area (Å²) in [4.78, 5) is 16.4. The van der Waals surface area contributed by atoms with Gasteiger partial charge in [0.1, 0.15) is 5.76 Å². The topological polar surface area (TPSA) is 105 Å². The van der Waals surface area contributed by atoms with Crippen LogP contribution in [0, 0.1) is 6.92 Å². The number of rotatable bonds is 5. The number of nitrogens with zero attached hydrogens (tertiary/aromatic N) is 7. The second-order valence-corrected chi connectivity index (χ2v) is 6.36. The fraction of sp³-hybridized carbons (Fsp3) is 0.353. The first kappa shape index (κ1) is 17.2.